The van der Waals surface area contributed by atoms with E-state index in [1.807, 2.05) is 23.3 Å². The molecule has 22 heavy (non-hydrogen) atoms. The molecule has 118 valence electrons. The quantitative estimate of drug-likeness (QED) is 0.882. The van der Waals surface area contributed by atoms with Crippen molar-refractivity contribution in [3.8, 4) is 0 Å². The van der Waals surface area contributed by atoms with Crippen LogP contribution in [0.3, 0.4) is 0 Å². The van der Waals surface area contributed by atoms with E-state index in [0.717, 1.165) is 26.1 Å². The molecule has 2 aromatic rings. The first-order valence-electron chi connectivity index (χ1n) is 8.10. The van der Waals surface area contributed by atoms with Crippen LogP contribution in [0, 0.1) is 0 Å². The van der Waals surface area contributed by atoms with Crippen molar-refractivity contribution in [3.05, 3.63) is 48.0 Å². The van der Waals surface area contributed by atoms with Crippen LogP contribution in [0.15, 0.2) is 36.8 Å². The summed E-state index contributed by atoms with van der Waals surface area (Å²) in [6.45, 7) is 4.15. The second-order valence-electron chi connectivity index (χ2n) is 5.92. The van der Waals surface area contributed by atoms with E-state index in [2.05, 4.69) is 33.2 Å². The molecule has 0 bridgehead atoms. The van der Waals surface area contributed by atoms with Gasteiger partial charge in [-0.1, -0.05) is 0 Å². The first kappa shape index (κ1) is 15.2. The number of likely N-dealkylation sites (tertiary alicyclic amines) is 1. The van der Waals surface area contributed by atoms with E-state index in [9.17, 15) is 0 Å². The molecule has 1 aliphatic heterocycles. The molecule has 1 saturated heterocycles. The molecule has 0 aliphatic carbocycles. The summed E-state index contributed by atoms with van der Waals surface area (Å²) >= 11 is 0. The average Bonchev–Trinajstić information content (AvgIpc) is 3.03. The summed E-state index contributed by atoms with van der Waals surface area (Å²) in [7, 11) is 0. The van der Waals surface area contributed by atoms with E-state index in [0.29, 0.717) is 12.5 Å². The van der Waals surface area contributed by atoms with Crippen molar-refractivity contribution in [1.29, 1.82) is 0 Å². The van der Waals surface area contributed by atoms with Gasteiger partial charge in [0, 0.05) is 36.7 Å². The molecule has 0 saturated carbocycles. The van der Waals surface area contributed by atoms with Crippen molar-refractivity contribution >= 4 is 0 Å². The van der Waals surface area contributed by atoms with Crippen LogP contribution in [-0.2, 0) is 13.0 Å². The normalized spacial score (nSPS) is 17.0. The first-order chi connectivity index (χ1) is 10.9. The van der Waals surface area contributed by atoms with Crippen LogP contribution in [-0.4, -0.2) is 51.0 Å². The molecule has 5 heteroatoms. The topological polar surface area (TPSA) is 54.2 Å². The SMILES string of the molecule is OCCn1nccc1C1CCN(CCc2ccncc2)CC1. The van der Waals surface area contributed by atoms with Crippen LogP contribution >= 0.6 is 0 Å². The number of piperidine rings is 1. The van der Waals surface area contributed by atoms with Crippen molar-refractivity contribution < 1.29 is 5.11 Å². The monoisotopic (exact) mass is 300 g/mol. The molecule has 1 fully saturated rings. The molecule has 0 amide bonds. The van der Waals surface area contributed by atoms with E-state index < -0.39 is 0 Å². The van der Waals surface area contributed by atoms with Gasteiger partial charge in [-0.05, 0) is 56.1 Å². The fraction of sp³-hybridized carbons (Fsp3) is 0.529. The molecule has 0 spiro atoms. The Morgan fingerprint density at radius 3 is 2.55 bits per heavy atom. The van der Waals surface area contributed by atoms with Crippen molar-refractivity contribution in [2.45, 2.75) is 31.7 Å². The summed E-state index contributed by atoms with van der Waals surface area (Å²) in [5.74, 6) is 0.575. The predicted molar refractivity (Wildman–Crippen MR) is 85.7 cm³/mol. The molecule has 0 atom stereocenters. The number of aliphatic hydroxyl groups is 1. The molecular weight excluding hydrogens is 276 g/mol. The first-order valence-corrected chi connectivity index (χ1v) is 8.10. The number of pyridine rings is 1. The van der Waals surface area contributed by atoms with Crippen molar-refractivity contribution in [2.24, 2.45) is 0 Å². The molecule has 1 N–H and O–H groups in total. The molecule has 2 aromatic heterocycles. The highest BCUT2D eigenvalue weighted by Gasteiger charge is 2.22. The van der Waals surface area contributed by atoms with Crippen LogP contribution in [0.2, 0.25) is 0 Å². The fourth-order valence-corrected chi connectivity index (χ4v) is 3.26. The van der Waals surface area contributed by atoms with Gasteiger partial charge >= 0.3 is 0 Å². The van der Waals surface area contributed by atoms with Gasteiger partial charge in [-0.2, -0.15) is 5.10 Å². The van der Waals surface area contributed by atoms with Crippen molar-refractivity contribution in [3.63, 3.8) is 0 Å². The third-order valence-corrected chi connectivity index (χ3v) is 4.53. The Morgan fingerprint density at radius 2 is 1.82 bits per heavy atom. The Bertz CT molecular complexity index is 561. The lowest BCUT2D eigenvalue weighted by atomic mass is 9.93. The number of aromatic nitrogens is 3. The van der Waals surface area contributed by atoms with Crippen LogP contribution in [0.5, 0.6) is 0 Å². The van der Waals surface area contributed by atoms with Crippen molar-refractivity contribution in [2.75, 3.05) is 26.2 Å². The smallest absolute Gasteiger partial charge is 0.0644 e. The molecule has 0 unspecified atom stereocenters. The Hall–Kier alpha value is -1.72. The Morgan fingerprint density at radius 1 is 1.05 bits per heavy atom. The minimum absolute atomic E-state index is 0.152. The summed E-state index contributed by atoms with van der Waals surface area (Å²) in [5.41, 5.74) is 2.64. The van der Waals surface area contributed by atoms with Gasteiger partial charge in [0.25, 0.3) is 0 Å². The van der Waals surface area contributed by atoms with Gasteiger partial charge in [-0.25, -0.2) is 0 Å². The zero-order valence-electron chi connectivity index (χ0n) is 12.9. The van der Waals surface area contributed by atoms with Crippen LogP contribution in [0.4, 0.5) is 0 Å². The maximum Gasteiger partial charge on any atom is 0.0644 e. The number of nitrogens with zero attached hydrogens (tertiary/aromatic N) is 4. The van der Waals surface area contributed by atoms with E-state index >= 15 is 0 Å². The Kier molecular flexibility index (Phi) is 5.19. The Balaban J connectivity index is 1.49. The number of aliphatic hydroxyl groups excluding tert-OH is 1. The van der Waals surface area contributed by atoms with E-state index in [-0.39, 0.29) is 6.61 Å². The number of rotatable bonds is 6. The van der Waals surface area contributed by atoms with Gasteiger partial charge in [0.05, 0.1) is 13.2 Å². The lowest BCUT2D eigenvalue weighted by Crippen LogP contribution is -2.35. The van der Waals surface area contributed by atoms with E-state index in [4.69, 9.17) is 5.11 Å². The minimum Gasteiger partial charge on any atom is -0.394 e. The van der Waals surface area contributed by atoms with Gasteiger partial charge in [0.1, 0.15) is 0 Å². The number of hydrogen-bond acceptors (Lipinski definition) is 4. The molecule has 0 radical (unpaired) electrons. The summed E-state index contributed by atoms with van der Waals surface area (Å²) in [6.07, 6.45) is 9.02. The highest BCUT2D eigenvalue weighted by atomic mass is 16.3. The summed E-state index contributed by atoms with van der Waals surface area (Å²) in [4.78, 5) is 6.61. The second kappa shape index (κ2) is 7.51. The minimum atomic E-state index is 0.152. The standard InChI is InChI=1S/C17H24N4O/c22-14-13-21-17(3-9-19-21)16-5-11-20(12-6-16)10-4-15-1-7-18-8-2-15/h1-3,7-9,16,22H,4-6,10-14H2. The van der Waals surface area contributed by atoms with Gasteiger partial charge in [0.2, 0.25) is 0 Å². The van der Waals surface area contributed by atoms with E-state index in [1.54, 1.807) is 0 Å². The van der Waals surface area contributed by atoms with Gasteiger partial charge < -0.3 is 10.0 Å². The Labute approximate surface area is 131 Å². The molecule has 3 rings (SSSR count). The van der Waals surface area contributed by atoms with Crippen LogP contribution in [0.1, 0.15) is 30.0 Å². The average molecular weight is 300 g/mol. The maximum atomic E-state index is 9.11. The number of hydrogen-bond donors (Lipinski definition) is 1. The lowest BCUT2D eigenvalue weighted by molar-refractivity contribution is 0.208. The highest BCUT2D eigenvalue weighted by Crippen LogP contribution is 2.27. The molecule has 0 aromatic carbocycles. The van der Waals surface area contributed by atoms with Crippen molar-refractivity contribution in [1.82, 2.24) is 19.7 Å². The fourth-order valence-electron chi connectivity index (χ4n) is 3.26. The van der Waals surface area contributed by atoms with Gasteiger partial charge in [-0.3, -0.25) is 9.67 Å². The van der Waals surface area contributed by atoms with Crippen LogP contribution < -0.4 is 0 Å². The largest absolute Gasteiger partial charge is 0.394 e. The molecular formula is C17H24N4O. The second-order valence-corrected chi connectivity index (χ2v) is 5.92. The molecule has 3 heterocycles. The van der Waals surface area contributed by atoms with Gasteiger partial charge in [0.15, 0.2) is 0 Å². The summed E-state index contributed by atoms with van der Waals surface area (Å²) < 4.78 is 1.96. The highest BCUT2D eigenvalue weighted by molar-refractivity contribution is 5.11. The summed E-state index contributed by atoms with van der Waals surface area (Å²) in [6, 6.07) is 6.30. The molecule has 5 nitrogen and oxygen atoms in total. The lowest BCUT2D eigenvalue weighted by Gasteiger charge is -2.32. The summed E-state index contributed by atoms with van der Waals surface area (Å²) in [5, 5.41) is 13.4. The molecule has 1 aliphatic rings. The third-order valence-electron chi connectivity index (χ3n) is 4.53. The zero-order chi connectivity index (χ0) is 15.2. The van der Waals surface area contributed by atoms with E-state index in [1.165, 1.54) is 24.1 Å². The van der Waals surface area contributed by atoms with Gasteiger partial charge in [-0.15, -0.1) is 0 Å². The predicted octanol–water partition coefficient (Wildman–Crippen LogP) is 1.69. The van der Waals surface area contributed by atoms with Crippen LogP contribution in [0.25, 0.3) is 0 Å². The zero-order valence-corrected chi connectivity index (χ0v) is 12.9. The maximum absolute atomic E-state index is 9.11. The third kappa shape index (κ3) is 3.72.